The Morgan fingerprint density at radius 3 is 2.54 bits per heavy atom. The molecule has 0 bridgehead atoms. The highest BCUT2D eigenvalue weighted by molar-refractivity contribution is 7.88. The largest absolute Gasteiger partial charge is 0.497 e. The molecule has 0 saturated carbocycles. The average molecular weight is 379 g/mol. The number of sulfonamides is 1. The number of carbonyl (C=O) groups is 1. The summed E-state index contributed by atoms with van der Waals surface area (Å²) in [4.78, 5) is 16.5. The molecule has 1 heterocycles. The third kappa shape index (κ3) is 5.43. The van der Waals surface area contributed by atoms with Crippen LogP contribution in [-0.2, 0) is 21.4 Å². The molecule has 0 fully saturated rings. The minimum absolute atomic E-state index is 0.00232. The number of hydrogen-bond acceptors (Lipinski definition) is 6. The molecule has 0 saturated heterocycles. The number of aromatic nitrogens is 1. The Hall–Kier alpha value is -2.65. The summed E-state index contributed by atoms with van der Waals surface area (Å²) in [7, 11) is -0.623. The summed E-state index contributed by atoms with van der Waals surface area (Å²) in [6, 6.07) is 10.1. The van der Waals surface area contributed by atoms with Gasteiger partial charge in [-0.05, 0) is 24.3 Å². The Kier molecular flexibility index (Phi) is 6.53. The monoisotopic (exact) mass is 379 g/mol. The Labute approximate surface area is 152 Å². The van der Waals surface area contributed by atoms with E-state index in [0.29, 0.717) is 22.9 Å². The topological polar surface area (TPSA) is 97.8 Å². The molecule has 2 rings (SSSR count). The van der Waals surface area contributed by atoms with E-state index in [4.69, 9.17) is 9.47 Å². The first-order valence-electron chi connectivity index (χ1n) is 7.70. The Morgan fingerprint density at radius 2 is 1.96 bits per heavy atom. The second-order valence-electron chi connectivity index (χ2n) is 5.47. The van der Waals surface area contributed by atoms with Crippen LogP contribution in [0.1, 0.15) is 5.69 Å². The maximum atomic E-state index is 12.4. The van der Waals surface area contributed by atoms with Gasteiger partial charge in [0.05, 0.1) is 44.9 Å². The van der Waals surface area contributed by atoms with Gasteiger partial charge in [0.1, 0.15) is 11.5 Å². The zero-order valence-corrected chi connectivity index (χ0v) is 15.6. The Bertz CT molecular complexity index is 856. The predicted molar refractivity (Wildman–Crippen MR) is 97.7 cm³/mol. The first-order valence-corrected chi connectivity index (χ1v) is 9.55. The SMILES string of the molecule is COc1ccc(OC)c(NC(=O)CN(Cc2ccccn2)S(C)(=O)=O)c1. The lowest BCUT2D eigenvalue weighted by atomic mass is 10.2. The standard InChI is InChI=1S/C17H21N3O5S/c1-24-14-7-8-16(25-2)15(10-14)19-17(21)12-20(26(3,22)23)11-13-6-4-5-9-18-13/h4-10H,11-12H2,1-3H3,(H,19,21). The first kappa shape index (κ1) is 19.7. The van der Waals surface area contributed by atoms with Crippen LogP contribution in [0.4, 0.5) is 5.69 Å². The number of pyridine rings is 1. The second-order valence-corrected chi connectivity index (χ2v) is 7.45. The molecule has 1 amide bonds. The number of hydrogen-bond donors (Lipinski definition) is 1. The number of anilines is 1. The number of amides is 1. The van der Waals surface area contributed by atoms with Gasteiger partial charge in [-0.25, -0.2) is 8.42 Å². The fourth-order valence-corrected chi connectivity index (χ4v) is 2.94. The summed E-state index contributed by atoms with van der Waals surface area (Å²) in [6.07, 6.45) is 2.62. The maximum Gasteiger partial charge on any atom is 0.239 e. The molecule has 0 spiro atoms. The highest BCUT2D eigenvalue weighted by Crippen LogP contribution is 2.28. The van der Waals surface area contributed by atoms with Crippen molar-refractivity contribution in [1.29, 1.82) is 0 Å². The summed E-state index contributed by atoms with van der Waals surface area (Å²) in [5.74, 6) is 0.474. The van der Waals surface area contributed by atoms with Crippen LogP contribution in [0.3, 0.4) is 0 Å². The highest BCUT2D eigenvalue weighted by Gasteiger charge is 2.21. The van der Waals surface area contributed by atoms with E-state index in [0.717, 1.165) is 10.6 Å². The van der Waals surface area contributed by atoms with E-state index >= 15 is 0 Å². The van der Waals surface area contributed by atoms with E-state index in [-0.39, 0.29) is 13.1 Å². The zero-order valence-electron chi connectivity index (χ0n) is 14.8. The smallest absolute Gasteiger partial charge is 0.239 e. The fourth-order valence-electron chi connectivity index (χ4n) is 2.22. The van der Waals surface area contributed by atoms with E-state index < -0.39 is 15.9 Å². The Balaban J connectivity index is 2.15. The molecule has 0 unspecified atom stereocenters. The van der Waals surface area contributed by atoms with Crippen molar-refractivity contribution in [1.82, 2.24) is 9.29 Å². The van der Waals surface area contributed by atoms with Gasteiger partial charge in [0, 0.05) is 12.3 Å². The van der Waals surface area contributed by atoms with Crippen molar-refractivity contribution in [3.63, 3.8) is 0 Å². The number of methoxy groups -OCH3 is 2. The van der Waals surface area contributed by atoms with Gasteiger partial charge in [-0.2, -0.15) is 4.31 Å². The molecule has 1 aromatic carbocycles. The van der Waals surface area contributed by atoms with E-state index in [1.54, 1.807) is 42.6 Å². The van der Waals surface area contributed by atoms with Gasteiger partial charge in [0.25, 0.3) is 0 Å². The molecule has 2 aromatic rings. The number of carbonyl (C=O) groups excluding carboxylic acids is 1. The number of ether oxygens (including phenoxy) is 2. The molecule has 0 aliphatic rings. The van der Waals surface area contributed by atoms with Crippen LogP contribution in [-0.4, -0.2) is 50.6 Å². The van der Waals surface area contributed by atoms with Gasteiger partial charge in [-0.3, -0.25) is 9.78 Å². The van der Waals surface area contributed by atoms with E-state index in [1.165, 1.54) is 14.2 Å². The van der Waals surface area contributed by atoms with Gasteiger partial charge < -0.3 is 14.8 Å². The van der Waals surface area contributed by atoms with Crippen molar-refractivity contribution in [3.8, 4) is 11.5 Å². The lowest BCUT2D eigenvalue weighted by Gasteiger charge is -2.19. The molecular formula is C17H21N3O5S. The lowest BCUT2D eigenvalue weighted by molar-refractivity contribution is -0.116. The molecule has 26 heavy (non-hydrogen) atoms. The van der Waals surface area contributed by atoms with Gasteiger partial charge in [-0.1, -0.05) is 6.07 Å². The predicted octanol–water partition coefficient (Wildman–Crippen LogP) is 1.50. The third-order valence-electron chi connectivity index (χ3n) is 3.53. The van der Waals surface area contributed by atoms with Crippen LogP contribution in [0.5, 0.6) is 11.5 Å². The van der Waals surface area contributed by atoms with Crippen LogP contribution in [0.2, 0.25) is 0 Å². The van der Waals surface area contributed by atoms with Crippen molar-refractivity contribution in [3.05, 3.63) is 48.3 Å². The lowest BCUT2D eigenvalue weighted by Crippen LogP contribution is -2.37. The molecule has 1 N–H and O–H groups in total. The molecule has 0 aliphatic carbocycles. The van der Waals surface area contributed by atoms with Gasteiger partial charge in [-0.15, -0.1) is 0 Å². The van der Waals surface area contributed by atoms with Crippen molar-refractivity contribution in [2.75, 3.05) is 32.3 Å². The molecule has 0 aliphatic heterocycles. The van der Waals surface area contributed by atoms with Crippen LogP contribution in [0.15, 0.2) is 42.6 Å². The van der Waals surface area contributed by atoms with Crippen LogP contribution in [0, 0.1) is 0 Å². The van der Waals surface area contributed by atoms with Crippen LogP contribution >= 0.6 is 0 Å². The molecule has 8 nitrogen and oxygen atoms in total. The zero-order chi connectivity index (χ0) is 19.2. The minimum atomic E-state index is -3.60. The highest BCUT2D eigenvalue weighted by atomic mass is 32.2. The van der Waals surface area contributed by atoms with Crippen LogP contribution < -0.4 is 14.8 Å². The molecule has 9 heteroatoms. The summed E-state index contributed by atoms with van der Waals surface area (Å²) < 4.78 is 35.4. The summed E-state index contributed by atoms with van der Waals surface area (Å²) in [5.41, 5.74) is 0.938. The van der Waals surface area contributed by atoms with E-state index in [2.05, 4.69) is 10.3 Å². The van der Waals surface area contributed by atoms with Gasteiger partial charge in [0.15, 0.2) is 0 Å². The minimum Gasteiger partial charge on any atom is -0.497 e. The third-order valence-corrected chi connectivity index (χ3v) is 4.73. The number of nitrogens with zero attached hydrogens (tertiary/aromatic N) is 2. The first-order chi connectivity index (χ1) is 12.3. The molecule has 1 aromatic heterocycles. The number of nitrogens with one attached hydrogen (secondary N) is 1. The second kappa shape index (κ2) is 8.63. The van der Waals surface area contributed by atoms with Crippen molar-refractivity contribution < 1.29 is 22.7 Å². The molecular weight excluding hydrogens is 358 g/mol. The average Bonchev–Trinajstić information content (AvgIpc) is 2.61. The maximum absolute atomic E-state index is 12.4. The van der Waals surface area contributed by atoms with Gasteiger partial charge >= 0.3 is 0 Å². The number of benzene rings is 1. The van der Waals surface area contributed by atoms with E-state index in [9.17, 15) is 13.2 Å². The van der Waals surface area contributed by atoms with Gasteiger partial charge in [0.2, 0.25) is 15.9 Å². The van der Waals surface area contributed by atoms with Crippen molar-refractivity contribution >= 4 is 21.6 Å². The van der Waals surface area contributed by atoms with Crippen molar-refractivity contribution in [2.24, 2.45) is 0 Å². The molecule has 140 valence electrons. The van der Waals surface area contributed by atoms with E-state index in [1.807, 2.05) is 0 Å². The quantitative estimate of drug-likeness (QED) is 0.746. The molecule has 0 radical (unpaired) electrons. The van der Waals surface area contributed by atoms with Crippen LogP contribution in [0.25, 0.3) is 0 Å². The summed E-state index contributed by atoms with van der Waals surface area (Å²) in [5, 5.41) is 2.65. The number of rotatable bonds is 8. The van der Waals surface area contributed by atoms with Crippen molar-refractivity contribution in [2.45, 2.75) is 6.54 Å². The fraction of sp³-hybridized carbons (Fsp3) is 0.294. The summed E-state index contributed by atoms with van der Waals surface area (Å²) >= 11 is 0. The normalized spacial score (nSPS) is 11.2. The molecule has 0 atom stereocenters. The Morgan fingerprint density at radius 1 is 1.19 bits per heavy atom. The summed E-state index contributed by atoms with van der Waals surface area (Å²) in [6.45, 7) is -0.349.